The number of carbonyl (C=O) groups excluding carboxylic acids is 1. The average molecular weight is 271 g/mol. The van der Waals surface area contributed by atoms with E-state index in [1.54, 1.807) is 0 Å². The largest absolute Gasteiger partial charge is 0.466 e. The molecule has 0 aromatic rings. The van der Waals surface area contributed by atoms with Gasteiger partial charge in [-0.3, -0.25) is 4.79 Å². The molecule has 0 spiro atoms. The van der Waals surface area contributed by atoms with E-state index in [4.69, 9.17) is 10.5 Å². The van der Waals surface area contributed by atoms with E-state index in [1.807, 2.05) is 6.92 Å². The Bertz CT molecular complexity index is 261. The van der Waals surface area contributed by atoms with Crippen LogP contribution in [0.2, 0.25) is 0 Å². The zero-order valence-electron chi connectivity index (χ0n) is 12.4. The number of nitrogens with zero attached hydrogens (tertiary/aromatic N) is 1. The Kier molecular flexibility index (Phi) is 8.02. The Morgan fingerprint density at radius 1 is 1.42 bits per heavy atom. The second kappa shape index (κ2) is 9.28. The van der Waals surface area contributed by atoms with E-state index in [0.29, 0.717) is 31.5 Å². The van der Waals surface area contributed by atoms with E-state index in [2.05, 4.69) is 17.1 Å². The standard InChI is InChI=1S/C14H29N3O2/c1-3-6-16-13-8-12(9-14(18)19-4-2)10-17(11-13)7-5-15/h12-13,16H,3-11,15H2,1-2H3. The Morgan fingerprint density at radius 3 is 2.84 bits per heavy atom. The molecule has 1 fully saturated rings. The molecule has 2 unspecified atom stereocenters. The van der Waals surface area contributed by atoms with E-state index in [-0.39, 0.29) is 5.97 Å². The average Bonchev–Trinajstić information content (AvgIpc) is 2.36. The smallest absolute Gasteiger partial charge is 0.306 e. The lowest BCUT2D eigenvalue weighted by Crippen LogP contribution is -2.50. The van der Waals surface area contributed by atoms with Crippen molar-refractivity contribution < 1.29 is 9.53 Å². The van der Waals surface area contributed by atoms with Gasteiger partial charge < -0.3 is 20.7 Å². The van der Waals surface area contributed by atoms with Gasteiger partial charge in [-0.1, -0.05) is 6.92 Å². The maximum absolute atomic E-state index is 11.6. The van der Waals surface area contributed by atoms with Gasteiger partial charge in [-0.2, -0.15) is 0 Å². The molecule has 0 aromatic carbocycles. The van der Waals surface area contributed by atoms with Crippen molar-refractivity contribution in [1.29, 1.82) is 0 Å². The van der Waals surface area contributed by atoms with Crippen molar-refractivity contribution in [3.8, 4) is 0 Å². The monoisotopic (exact) mass is 271 g/mol. The maximum atomic E-state index is 11.6. The van der Waals surface area contributed by atoms with Gasteiger partial charge in [-0.25, -0.2) is 0 Å². The second-order valence-corrected chi connectivity index (χ2v) is 5.31. The van der Waals surface area contributed by atoms with Crippen LogP contribution in [0.25, 0.3) is 0 Å². The summed E-state index contributed by atoms with van der Waals surface area (Å²) in [5.41, 5.74) is 5.65. The number of hydrogen-bond donors (Lipinski definition) is 2. The highest BCUT2D eigenvalue weighted by Crippen LogP contribution is 2.20. The lowest BCUT2D eigenvalue weighted by Gasteiger charge is -2.37. The summed E-state index contributed by atoms with van der Waals surface area (Å²) in [5.74, 6) is 0.310. The lowest BCUT2D eigenvalue weighted by atomic mass is 9.91. The number of rotatable bonds is 8. The van der Waals surface area contributed by atoms with Gasteiger partial charge in [0.1, 0.15) is 0 Å². The van der Waals surface area contributed by atoms with Gasteiger partial charge in [0.05, 0.1) is 6.61 Å². The first-order valence-corrected chi connectivity index (χ1v) is 7.51. The molecule has 1 aliphatic heterocycles. The molecule has 0 radical (unpaired) electrons. The topological polar surface area (TPSA) is 67.6 Å². The van der Waals surface area contributed by atoms with Crippen molar-refractivity contribution in [3.63, 3.8) is 0 Å². The first-order valence-electron chi connectivity index (χ1n) is 7.51. The molecule has 1 aliphatic rings. The predicted molar refractivity (Wildman–Crippen MR) is 76.9 cm³/mol. The molecular weight excluding hydrogens is 242 g/mol. The van der Waals surface area contributed by atoms with Gasteiger partial charge in [0.25, 0.3) is 0 Å². The second-order valence-electron chi connectivity index (χ2n) is 5.31. The lowest BCUT2D eigenvalue weighted by molar-refractivity contribution is -0.144. The Balaban J connectivity index is 2.46. The number of hydrogen-bond acceptors (Lipinski definition) is 5. The van der Waals surface area contributed by atoms with E-state index < -0.39 is 0 Å². The van der Waals surface area contributed by atoms with Gasteiger partial charge in [0.15, 0.2) is 0 Å². The summed E-state index contributed by atoms with van der Waals surface area (Å²) < 4.78 is 5.05. The van der Waals surface area contributed by atoms with Crippen molar-refractivity contribution in [1.82, 2.24) is 10.2 Å². The molecule has 0 aliphatic carbocycles. The molecule has 19 heavy (non-hydrogen) atoms. The van der Waals surface area contributed by atoms with E-state index in [0.717, 1.165) is 39.0 Å². The molecule has 5 heteroatoms. The van der Waals surface area contributed by atoms with Crippen LogP contribution in [0.5, 0.6) is 0 Å². The van der Waals surface area contributed by atoms with Crippen molar-refractivity contribution in [2.45, 2.75) is 39.2 Å². The van der Waals surface area contributed by atoms with Gasteiger partial charge in [-0.15, -0.1) is 0 Å². The summed E-state index contributed by atoms with van der Waals surface area (Å²) in [7, 11) is 0. The highest BCUT2D eigenvalue weighted by molar-refractivity contribution is 5.69. The third-order valence-corrected chi connectivity index (χ3v) is 3.50. The fraction of sp³-hybridized carbons (Fsp3) is 0.929. The molecule has 0 saturated carbocycles. The first-order chi connectivity index (χ1) is 9.19. The Labute approximate surface area is 116 Å². The third-order valence-electron chi connectivity index (χ3n) is 3.50. The summed E-state index contributed by atoms with van der Waals surface area (Å²) in [6.45, 7) is 9.10. The van der Waals surface area contributed by atoms with Crippen LogP contribution in [0.15, 0.2) is 0 Å². The van der Waals surface area contributed by atoms with Crippen LogP contribution in [0.3, 0.4) is 0 Å². The number of esters is 1. The van der Waals surface area contributed by atoms with Crippen LogP contribution in [-0.2, 0) is 9.53 Å². The van der Waals surface area contributed by atoms with E-state index in [1.165, 1.54) is 0 Å². The first kappa shape index (κ1) is 16.4. The third kappa shape index (κ3) is 6.36. The number of piperidine rings is 1. The van der Waals surface area contributed by atoms with E-state index in [9.17, 15) is 4.79 Å². The van der Waals surface area contributed by atoms with Crippen LogP contribution in [-0.4, -0.2) is 56.2 Å². The quantitative estimate of drug-likeness (QED) is 0.632. The number of likely N-dealkylation sites (tertiary alicyclic amines) is 1. The van der Waals surface area contributed by atoms with Gasteiger partial charge in [0, 0.05) is 38.6 Å². The molecule has 1 heterocycles. The maximum Gasteiger partial charge on any atom is 0.306 e. The number of nitrogens with two attached hydrogens (primary N) is 1. The molecule has 112 valence electrons. The highest BCUT2D eigenvalue weighted by Gasteiger charge is 2.28. The molecule has 1 saturated heterocycles. The summed E-state index contributed by atoms with van der Waals surface area (Å²) in [5, 5.41) is 3.56. The summed E-state index contributed by atoms with van der Waals surface area (Å²) >= 11 is 0. The normalized spacial score (nSPS) is 24.4. The molecule has 0 aromatic heterocycles. The fourth-order valence-corrected chi connectivity index (χ4v) is 2.77. The summed E-state index contributed by atoms with van der Waals surface area (Å²) in [4.78, 5) is 14.0. The zero-order chi connectivity index (χ0) is 14.1. The van der Waals surface area contributed by atoms with Crippen molar-refractivity contribution in [3.05, 3.63) is 0 Å². The highest BCUT2D eigenvalue weighted by atomic mass is 16.5. The van der Waals surface area contributed by atoms with Crippen molar-refractivity contribution in [2.75, 3.05) is 39.3 Å². The van der Waals surface area contributed by atoms with Crippen LogP contribution in [0, 0.1) is 5.92 Å². The molecule has 5 nitrogen and oxygen atoms in total. The molecule has 0 bridgehead atoms. The number of carbonyl (C=O) groups is 1. The summed E-state index contributed by atoms with van der Waals surface area (Å²) in [6.07, 6.45) is 2.72. The molecular formula is C14H29N3O2. The van der Waals surface area contributed by atoms with Crippen molar-refractivity contribution >= 4 is 5.97 Å². The van der Waals surface area contributed by atoms with Crippen molar-refractivity contribution in [2.24, 2.45) is 11.7 Å². The minimum absolute atomic E-state index is 0.0728. The predicted octanol–water partition coefficient (Wildman–Crippen LogP) is 0.588. The number of ether oxygens (including phenoxy) is 1. The summed E-state index contributed by atoms with van der Waals surface area (Å²) in [6, 6.07) is 0.472. The van der Waals surface area contributed by atoms with Crippen LogP contribution in [0.4, 0.5) is 0 Å². The Morgan fingerprint density at radius 2 is 2.21 bits per heavy atom. The van der Waals surface area contributed by atoms with Gasteiger partial charge in [0.2, 0.25) is 0 Å². The van der Waals surface area contributed by atoms with Crippen LogP contribution < -0.4 is 11.1 Å². The molecule has 1 rings (SSSR count). The fourth-order valence-electron chi connectivity index (χ4n) is 2.77. The molecule has 2 atom stereocenters. The Hall–Kier alpha value is -0.650. The van der Waals surface area contributed by atoms with Gasteiger partial charge >= 0.3 is 5.97 Å². The SMILES string of the molecule is CCCNC1CC(CC(=O)OCC)CN(CCN)C1. The molecule has 0 amide bonds. The van der Waals surface area contributed by atoms with E-state index >= 15 is 0 Å². The molecule has 3 N–H and O–H groups in total. The minimum Gasteiger partial charge on any atom is -0.466 e. The van der Waals surface area contributed by atoms with Crippen LogP contribution in [0.1, 0.15) is 33.1 Å². The zero-order valence-corrected chi connectivity index (χ0v) is 12.4. The minimum atomic E-state index is -0.0728. The van der Waals surface area contributed by atoms with Crippen LogP contribution >= 0.6 is 0 Å². The van der Waals surface area contributed by atoms with Gasteiger partial charge in [-0.05, 0) is 32.2 Å². The number of nitrogens with one attached hydrogen (secondary N) is 1.